The van der Waals surface area contributed by atoms with Crippen LogP contribution < -0.4 is 0 Å². The summed E-state index contributed by atoms with van der Waals surface area (Å²) in [4.78, 5) is 38.8. The molecule has 2 saturated heterocycles. The second-order valence-electron chi connectivity index (χ2n) is 9.58. The van der Waals surface area contributed by atoms with Crippen LogP contribution in [0.2, 0.25) is 0 Å². The summed E-state index contributed by atoms with van der Waals surface area (Å²) in [7, 11) is 0. The maximum Gasteiger partial charge on any atom is 0.319 e. The third-order valence-corrected chi connectivity index (χ3v) is 8.54. The van der Waals surface area contributed by atoms with Crippen molar-refractivity contribution in [2.75, 3.05) is 13.2 Å². The molecule has 5 aliphatic rings. The molecule has 0 radical (unpaired) electrons. The summed E-state index contributed by atoms with van der Waals surface area (Å²) < 4.78 is 11.2. The average Bonchev–Trinajstić information content (AvgIpc) is 3.01. The number of carbonyl (C=O) groups excluding carboxylic acids is 3. The Kier molecular flexibility index (Phi) is 2.95. The van der Waals surface area contributed by atoms with Gasteiger partial charge in [-0.05, 0) is 43.9 Å². The summed E-state index contributed by atoms with van der Waals surface area (Å²) in [6.07, 6.45) is 5.28. The first-order valence-electron chi connectivity index (χ1n) is 9.73. The van der Waals surface area contributed by atoms with Crippen molar-refractivity contribution in [3.05, 3.63) is 0 Å². The molecular formula is C20H26O5. The molecule has 7 atom stereocenters. The van der Waals surface area contributed by atoms with Crippen LogP contribution in [-0.2, 0) is 23.9 Å². The van der Waals surface area contributed by atoms with Crippen molar-refractivity contribution in [3.63, 3.8) is 0 Å². The van der Waals surface area contributed by atoms with Gasteiger partial charge in [0.2, 0.25) is 0 Å². The van der Waals surface area contributed by atoms with E-state index >= 15 is 0 Å². The minimum Gasteiger partial charge on any atom is -0.465 e. The Balaban J connectivity index is 1.67. The lowest BCUT2D eigenvalue weighted by Crippen LogP contribution is -2.64. The van der Waals surface area contributed by atoms with Gasteiger partial charge in [-0.3, -0.25) is 14.4 Å². The molecule has 5 fully saturated rings. The van der Waals surface area contributed by atoms with E-state index in [1.807, 2.05) is 6.92 Å². The number of rotatable bonds is 0. The molecule has 5 nitrogen and oxygen atoms in total. The van der Waals surface area contributed by atoms with E-state index in [-0.39, 0.29) is 53.4 Å². The molecule has 0 aromatic heterocycles. The van der Waals surface area contributed by atoms with E-state index in [2.05, 4.69) is 6.92 Å². The molecule has 3 saturated carbocycles. The second kappa shape index (κ2) is 4.66. The molecule has 0 aromatic carbocycles. The highest BCUT2D eigenvalue weighted by Gasteiger charge is 2.74. The van der Waals surface area contributed by atoms with Crippen molar-refractivity contribution < 1.29 is 23.9 Å². The summed E-state index contributed by atoms with van der Waals surface area (Å²) in [6.45, 7) is 4.84. The molecule has 0 unspecified atom stereocenters. The van der Waals surface area contributed by atoms with Gasteiger partial charge in [-0.1, -0.05) is 20.3 Å². The predicted molar refractivity (Wildman–Crippen MR) is 87.2 cm³/mol. The van der Waals surface area contributed by atoms with Crippen molar-refractivity contribution in [1.82, 2.24) is 0 Å². The number of Topliss-reactive ketones (excluding diaryl/α,β-unsaturated/α-hetero) is 1. The molecule has 2 aliphatic heterocycles. The third kappa shape index (κ3) is 1.64. The maximum atomic E-state index is 13.2. The van der Waals surface area contributed by atoms with Gasteiger partial charge in [-0.15, -0.1) is 0 Å². The van der Waals surface area contributed by atoms with Gasteiger partial charge in [0, 0.05) is 16.7 Å². The van der Waals surface area contributed by atoms with Gasteiger partial charge in [0.1, 0.15) is 5.41 Å². The van der Waals surface area contributed by atoms with Crippen LogP contribution in [0.15, 0.2) is 0 Å². The lowest BCUT2D eigenvalue weighted by molar-refractivity contribution is -0.210. The van der Waals surface area contributed by atoms with Crippen LogP contribution >= 0.6 is 0 Å². The summed E-state index contributed by atoms with van der Waals surface area (Å²) in [5.74, 6) is -0.483. The largest absolute Gasteiger partial charge is 0.465 e. The summed E-state index contributed by atoms with van der Waals surface area (Å²) in [5.41, 5.74) is -1.61. The van der Waals surface area contributed by atoms with E-state index in [1.54, 1.807) is 0 Å². The minimum atomic E-state index is -0.998. The number of carbonyl (C=O) groups is 3. The van der Waals surface area contributed by atoms with Gasteiger partial charge < -0.3 is 9.47 Å². The van der Waals surface area contributed by atoms with Crippen LogP contribution in [0.1, 0.15) is 52.4 Å². The second-order valence-corrected chi connectivity index (χ2v) is 9.58. The number of ketones is 1. The summed E-state index contributed by atoms with van der Waals surface area (Å²) in [5, 5.41) is 0. The van der Waals surface area contributed by atoms with Crippen LogP contribution in [-0.4, -0.2) is 30.9 Å². The monoisotopic (exact) mass is 346 g/mol. The van der Waals surface area contributed by atoms with Crippen LogP contribution in [0.4, 0.5) is 0 Å². The Bertz CT molecular complexity index is 686. The molecule has 2 bridgehead atoms. The van der Waals surface area contributed by atoms with Crippen LogP contribution in [0.5, 0.6) is 0 Å². The molecular weight excluding hydrogens is 320 g/mol. The molecule has 2 spiro atoms. The third-order valence-electron chi connectivity index (χ3n) is 8.54. The highest BCUT2D eigenvalue weighted by atomic mass is 16.5. The van der Waals surface area contributed by atoms with Crippen LogP contribution in [0.25, 0.3) is 0 Å². The van der Waals surface area contributed by atoms with Crippen molar-refractivity contribution in [3.8, 4) is 0 Å². The number of hydrogen-bond acceptors (Lipinski definition) is 5. The molecule has 136 valence electrons. The Morgan fingerprint density at radius 2 is 1.84 bits per heavy atom. The lowest BCUT2D eigenvalue weighted by atomic mass is 9.45. The minimum absolute atomic E-state index is 0.0646. The molecule has 0 aromatic rings. The van der Waals surface area contributed by atoms with E-state index in [0.717, 1.165) is 32.1 Å². The molecule has 0 amide bonds. The van der Waals surface area contributed by atoms with Crippen molar-refractivity contribution in [2.24, 2.45) is 39.9 Å². The number of esters is 2. The van der Waals surface area contributed by atoms with Gasteiger partial charge in [0.15, 0.2) is 5.78 Å². The van der Waals surface area contributed by atoms with E-state index < -0.39 is 10.8 Å². The lowest BCUT2D eigenvalue weighted by Gasteiger charge is -2.58. The molecule has 5 heteroatoms. The van der Waals surface area contributed by atoms with Gasteiger partial charge in [-0.2, -0.15) is 0 Å². The fourth-order valence-corrected chi connectivity index (χ4v) is 7.47. The van der Waals surface area contributed by atoms with Crippen LogP contribution in [0.3, 0.4) is 0 Å². The number of hydrogen-bond donors (Lipinski definition) is 0. The zero-order chi connectivity index (χ0) is 17.6. The van der Waals surface area contributed by atoms with Gasteiger partial charge >= 0.3 is 11.9 Å². The van der Waals surface area contributed by atoms with Crippen molar-refractivity contribution in [2.45, 2.75) is 52.4 Å². The molecule has 3 aliphatic carbocycles. The van der Waals surface area contributed by atoms with Gasteiger partial charge in [0.05, 0.1) is 19.1 Å². The predicted octanol–water partition coefficient (Wildman–Crippen LogP) is 2.51. The molecule has 2 heterocycles. The SMILES string of the molecule is C[C@H]1C(=O)[C@]23C[C@H]1CC[C@H]2[C@@]1(CCC[C@@]2(C)COC(=O)[C@H]21)COC3=O. The number of ether oxygens (including phenoxy) is 2. The first kappa shape index (κ1) is 15.8. The highest BCUT2D eigenvalue weighted by Crippen LogP contribution is 2.69. The molecule has 5 rings (SSSR count). The fraction of sp³-hybridized carbons (Fsp3) is 0.850. The normalized spacial score (nSPS) is 54.1. The van der Waals surface area contributed by atoms with Crippen molar-refractivity contribution >= 4 is 17.7 Å². The number of fused-ring (bicyclic) bond motifs is 4. The Morgan fingerprint density at radius 1 is 1.04 bits per heavy atom. The van der Waals surface area contributed by atoms with E-state index in [0.29, 0.717) is 13.0 Å². The summed E-state index contributed by atoms with van der Waals surface area (Å²) >= 11 is 0. The van der Waals surface area contributed by atoms with Gasteiger partial charge in [-0.25, -0.2) is 0 Å². The Morgan fingerprint density at radius 3 is 2.64 bits per heavy atom. The topological polar surface area (TPSA) is 69.7 Å². The van der Waals surface area contributed by atoms with Crippen LogP contribution in [0, 0.1) is 39.9 Å². The first-order valence-corrected chi connectivity index (χ1v) is 9.73. The summed E-state index contributed by atoms with van der Waals surface area (Å²) in [6, 6.07) is 0. The Labute approximate surface area is 147 Å². The smallest absolute Gasteiger partial charge is 0.319 e. The standard InChI is InChI=1S/C20H26O5/c1-11-12-4-5-13-19(10-25-17(23)20(13,8-12)15(11)21)7-3-6-18(2)9-24-16(22)14(18)19/h11-14H,3-10H2,1-2H3/t11-,12-,13+,14-,18+,19-,20+/m1/s1. The van der Waals surface area contributed by atoms with E-state index in [1.165, 1.54) is 0 Å². The van der Waals surface area contributed by atoms with E-state index in [9.17, 15) is 14.4 Å². The quantitative estimate of drug-likeness (QED) is 0.498. The zero-order valence-electron chi connectivity index (χ0n) is 15.0. The van der Waals surface area contributed by atoms with E-state index in [4.69, 9.17) is 9.47 Å². The van der Waals surface area contributed by atoms with Gasteiger partial charge in [0.25, 0.3) is 0 Å². The first-order chi connectivity index (χ1) is 11.9. The zero-order valence-corrected chi connectivity index (χ0v) is 15.0. The highest BCUT2D eigenvalue weighted by molar-refractivity contribution is 6.07. The maximum absolute atomic E-state index is 13.2. The van der Waals surface area contributed by atoms with Crippen molar-refractivity contribution in [1.29, 1.82) is 0 Å². The average molecular weight is 346 g/mol. The number of cyclic esters (lactones) is 2. The molecule has 0 N–H and O–H groups in total. The molecule has 25 heavy (non-hydrogen) atoms. The fourth-order valence-electron chi connectivity index (χ4n) is 7.47. The Hall–Kier alpha value is -1.39.